The predicted octanol–water partition coefficient (Wildman–Crippen LogP) is 3.92. The maximum Gasteiger partial charge on any atom is 0.419 e. The van der Waals surface area contributed by atoms with E-state index in [1.165, 1.54) is 25.3 Å². The Morgan fingerprint density at radius 3 is 2.50 bits per heavy atom. The van der Waals surface area contributed by atoms with Crippen molar-refractivity contribution in [2.75, 3.05) is 17.7 Å². The number of anilines is 4. The van der Waals surface area contributed by atoms with Gasteiger partial charge in [-0.1, -0.05) is 12.1 Å². The molecule has 0 spiro atoms. The molecule has 0 unspecified atom stereocenters. The van der Waals surface area contributed by atoms with E-state index >= 15 is 0 Å². The van der Waals surface area contributed by atoms with Gasteiger partial charge in [0.1, 0.15) is 5.82 Å². The van der Waals surface area contributed by atoms with E-state index in [-0.39, 0.29) is 22.8 Å². The fourth-order valence-electron chi connectivity index (χ4n) is 2.80. The number of pyridine rings is 1. The number of alkyl halides is 3. The Balaban J connectivity index is 2.00. The third-order valence-electron chi connectivity index (χ3n) is 4.12. The van der Waals surface area contributed by atoms with Gasteiger partial charge in [-0.25, -0.2) is 10.5 Å². The fourth-order valence-corrected chi connectivity index (χ4v) is 2.80. The van der Waals surface area contributed by atoms with Crippen LogP contribution in [0.25, 0.3) is 0 Å². The highest BCUT2D eigenvalue weighted by atomic mass is 19.4. The first-order valence-electron chi connectivity index (χ1n) is 8.73. The molecule has 0 saturated carbocycles. The molecule has 0 fully saturated rings. The summed E-state index contributed by atoms with van der Waals surface area (Å²) in [5.74, 6) is -0.423. The Morgan fingerprint density at radius 1 is 1.13 bits per heavy atom. The summed E-state index contributed by atoms with van der Waals surface area (Å²) in [6.45, 7) is 1.76. The fraction of sp³-hybridized carbons (Fsp3) is 0.211. The molecule has 3 aromatic rings. The van der Waals surface area contributed by atoms with Crippen molar-refractivity contribution < 1.29 is 22.8 Å². The summed E-state index contributed by atoms with van der Waals surface area (Å²) in [6, 6.07) is 7.36. The first kappa shape index (κ1) is 21.1. The van der Waals surface area contributed by atoms with Gasteiger partial charge in [-0.2, -0.15) is 18.3 Å². The molecule has 2 heterocycles. The predicted molar refractivity (Wildman–Crippen MR) is 105 cm³/mol. The molecule has 158 valence electrons. The Labute approximate surface area is 170 Å². The lowest BCUT2D eigenvalue weighted by Gasteiger charge is -2.17. The normalized spacial score (nSPS) is 11.3. The number of hydroxylamine groups is 1. The maximum absolute atomic E-state index is 13.5. The summed E-state index contributed by atoms with van der Waals surface area (Å²) in [5.41, 5.74) is 2.47. The second-order valence-corrected chi connectivity index (χ2v) is 6.35. The van der Waals surface area contributed by atoms with E-state index in [0.29, 0.717) is 11.4 Å². The highest BCUT2D eigenvalue weighted by Gasteiger charge is 2.34. The molecule has 8 nitrogen and oxygen atoms in total. The van der Waals surface area contributed by atoms with Crippen LogP contribution in [0.5, 0.6) is 0 Å². The van der Waals surface area contributed by atoms with Crippen LogP contribution in [0.4, 0.5) is 36.1 Å². The SMILES string of the molecule is CONC(=O)c1ccccc1Nc1cc(Nc2cn(C)nc2C)ncc1C(F)(F)F. The number of rotatable bonds is 6. The number of aryl methyl sites for hydroxylation is 2. The summed E-state index contributed by atoms with van der Waals surface area (Å²) in [4.78, 5) is 20.6. The molecule has 3 rings (SSSR count). The highest BCUT2D eigenvalue weighted by Crippen LogP contribution is 2.37. The van der Waals surface area contributed by atoms with Crippen LogP contribution in [-0.2, 0) is 18.1 Å². The van der Waals surface area contributed by atoms with E-state index in [4.69, 9.17) is 0 Å². The zero-order valence-electron chi connectivity index (χ0n) is 16.3. The molecule has 0 saturated heterocycles. The van der Waals surface area contributed by atoms with Gasteiger partial charge in [0.05, 0.1) is 41.0 Å². The zero-order chi connectivity index (χ0) is 21.9. The minimum atomic E-state index is -4.65. The van der Waals surface area contributed by atoms with E-state index in [1.54, 1.807) is 37.0 Å². The monoisotopic (exact) mass is 420 g/mol. The van der Waals surface area contributed by atoms with Crippen molar-refractivity contribution in [3.8, 4) is 0 Å². The molecule has 0 bridgehead atoms. The number of benzene rings is 1. The van der Waals surface area contributed by atoms with Crippen LogP contribution in [0.1, 0.15) is 21.6 Å². The topological polar surface area (TPSA) is 93.1 Å². The van der Waals surface area contributed by atoms with Gasteiger partial charge in [0, 0.05) is 25.5 Å². The van der Waals surface area contributed by atoms with Gasteiger partial charge in [0.15, 0.2) is 0 Å². The van der Waals surface area contributed by atoms with Gasteiger partial charge < -0.3 is 10.6 Å². The molecule has 0 aliphatic heterocycles. The molecule has 30 heavy (non-hydrogen) atoms. The third kappa shape index (κ3) is 4.69. The Morgan fingerprint density at radius 2 is 1.87 bits per heavy atom. The van der Waals surface area contributed by atoms with Crippen LogP contribution in [0.3, 0.4) is 0 Å². The van der Waals surface area contributed by atoms with Crippen molar-refractivity contribution in [1.29, 1.82) is 0 Å². The molecule has 0 radical (unpaired) electrons. The third-order valence-corrected chi connectivity index (χ3v) is 4.12. The van der Waals surface area contributed by atoms with Crippen molar-refractivity contribution in [2.45, 2.75) is 13.1 Å². The molecular formula is C19H19F3N6O2. The summed E-state index contributed by atoms with van der Waals surface area (Å²) < 4.78 is 42.2. The van der Waals surface area contributed by atoms with E-state index < -0.39 is 17.6 Å². The van der Waals surface area contributed by atoms with Gasteiger partial charge >= 0.3 is 6.18 Å². The van der Waals surface area contributed by atoms with E-state index in [1.807, 2.05) is 0 Å². The van der Waals surface area contributed by atoms with E-state index in [0.717, 1.165) is 6.20 Å². The maximum atomic E-state index is 13.5. The van der Waals surface area contributed by atoms with Crippen molar-refractivity contribution >= 4 is 28.8 Å². The lowest BCUT2D eigenvalue weighted by atomic mass is 10.1. The largest absolute Gasteiger partial charge is 0.419 e. The number of para-hydroxylation sites is 1. The van der Waals surface area contributed by atoms with Crippen LogP contribution in [0.15, 0.2) is 42.7 Å². The summed E-state index contributed by atoms with van der Waals surface area (Å²) >= 11 is 0. The molecule has 3 N–H and O–H groups in total. The minimum absolute atomic E-state index is 0.113. The van der Waals surface area contributed by atoms with Crippen molar-refractivity contribution in [2.24, 2.45) is 7.05 Å². The molecule has 2 aromatic heterocycles. The van der Waals surface area contributed by atoms with Crippen LogP contribution >= 0.6 is 0 Å². The number of halogens is 3. The number of nitrogens with one attached hydrogen (secondary N) is 3. The molecule has 0 atom stereocenters. The van der Waals surface area contributed by atoms with Crippen LogP contribution in [0.2, 0.25) is 0 Å². The lowest BCUT2D eigenvalue weighted by Crippen LogP contribution is -2.22. The lowest BCUT2D eigenvalue weighted by molar-refractivity contribution is -0.137. The molecule has 1 aromatic carbocycles. The average Bonchev–Trinajstić information content (AvgIpc) is 2.98. The average molecular weight is 420 g/mol. The Bertz CT molecular complexity index is 1060. The molecule has 0 aliphatic carbocycles. The molecule has 11 heteroatoms. The molecular weight excluding hydrogens is 401 g/mol. The number of amides is 1. The van der Waals surface area contributed by atoms with E-state index in [2.05, 4.69) is 31.0 Å². The number of hydrogen-bond acceptors (Lipinski definition) is 6. The van der Waals surface area contributed by atoms with Crippen molar-refractivity contribution in [3.63, 3.8) is 0 Å². The summed E-state index contributed by atoms with van der Waals surface area (Å²) in [6.07, 6.45) is -2.23. The first-order chi connectivity index (χ1) is 14.2. The highest BCUT2D eigenvalue weighted by molar-refractivity contribution is 5.99. The second-order valence-electron chi connectivity index (χ2n) is 6.35. The Kier molecular flexibility index (Phi) is 5.92. The summed E-state index contributed by atoms with van der Waals surface area (Å²) in [5, 5.41) is 9.83. The van der Waals surface area contributed by atoms with Crippen LogP contribution < -0.4 is 16.1 Å². The summed E-state index contributed by atoms with van der Waals surface area (Å²) in [7, 11) is 2.99. The van der Waals surface area contributed by atoms with Gasteiger partial charge in [0.2, 0.25) is 0 Å². The van der Waals surface area contributed by atoms with Crippen LogP contribution in [0, 0.1) is 6.92 Å². The van der Waals surface area contributed by atoms with Gasteiger partial charge in [0.25, 0.3) is 5.91 Å². The zero-order valence-corrected chi connectivity index (χ0v) is 16.3. The van der Waals surface area contributed by atoms with E-state index in [9.17, 15) is 18.0 Å². The van der Waals surface area contributed by atoms with Gasteiger partial charge in [-0.05, 0) is 19.1 Å². The number of aromatic nitrogens is 3. The van der Waals surface area contributed by atoms with Crippen molar-refractivity contribution in [1.82, 2.24) is 20.2 Å². The number of carbonyl (C=O) groups excluding carboxylic acids is 1. The van der Waals surface area contributed by atoms with Gasteiger partial charge in [-0.3, -0.25) is 14.3 Å². The molecule has 0 aliphatic rings. The molecule has 1 amide bonds. The minimum Gasteiger partial charge on any atom is -0.354 e. The quantitative estimate of drug-likeness (QED) is 0.524. The standard InChI is InChI=1S/C19H19F3N6O2/c1-11-16(10-28(2)26-11)25-17-8-15(13(9-23-17)19(20,21)22)24-14-7-5-4-6-12(14)18(29)27-30-3/h4-10H,1-3H3,(H,27,29)(H2,23,24,25). The smallest absolute Gasteiger partial charge is 0.354 e. The van der Waals surface area contributed by atoms with Crippen molar-refractivity contribution in [3.05, 3.63) is 59.5 Å². The van der Waals surface area contributed by atoms with Gasteiger partial charge in [-0.15, -0.1) is 0 Å². The number of carbonyl (C=O) groups is 1. The number of hydrogen-bond donors (Lipinski definition) is 3. The van der Waals surface area contributed by atoms with Crippen LogP contribution in [-0.4, -0.2) is 27.8 Å². The first-order valence-corrected chi connectivity index (χ1v) is 8.73. The Hall–Kier alpha value is -3.60. The number of nitrogens with zero attached hydrogens (tertiary/aromatic N) is 3. The second kappa shape index (κ2) is 8.41.